The third kappa shape index (κ3) is 2.35. The largest absolute Gasteiger partial charge is 0.394 e. The highest BCUT2D eigenvalue weighted by atomic mass is 16.3. The second-order valence-corrected chi connectivity index (χ2v) is 6.22. The monoisotopic (exact) mass is 307 g/mol. The molecule has 0 saturated heterocycles. The van der Waals surface area contributed by atoms with Crippen LogP contribution in [-0.4, -0.2) is 27.8 Å². The van der Waals surface area contributed by atoms with E-state index in [0.29, 0.717) is 0 Å². The van der Waals surface area contributed by atoms with Crippen molar-refractivity contribution in [2.24, 2.45) is 0 Å². The van der Waals surface area contributed by atoms with Gasteiger partial charge < -0.3 is 15.0 Å². The molecule has 23 heavy (non-hydrogen) atoms. The molecule has 1 aliphatic heterocycles. The van der Waals surface area contributed by atoms with Gasteiger partial charge in [-0.3, -0.25) is 4.98 Å². The Kier molecular flexibility index (Phi) is 3.63. The van der Waals surface area contributed by atoms with E-state index in [1.54, 1.807) is 12.4 Å². The van der Waals surface area contributed by atoms with Crippen molar-refractivity contribution < 1.29 is 5.11 Å². The van der Waals surface area contributed by atoms with Crippen LogP contribution in [0.25, 0.3) is 10.9 Å². The molecular weight excluding hydrogens is 286 g/mol. The number of nitrogens with zero attached hydrogens (tertiary/aromatic N) is 2. The molecule has 0 aliphatic carbocycles. The highest BCUT2D eigenvalue weighted by Gasteiger charge is 2.24. The number of benzene rings is 1. The second kappa shape index (κ2) is 5.80. The molecule has 2 N–H and O–H groups in total. The smallest absolute Gasteiger partial charge is 0.0820 e. The number of rotatable bonds is 3. The van der Waals surface area contributed by atoms with E-state index in [1.165, 1.54) is 27.7 Å². The van der Waals surface area contributed by atoms with Gasteiger partial charge in [0.05, 0.1) is 12.6 Å². The standard InChI is InChI=1S/C19H21N3O/c1-13-2-3-17-15(10-13)16-11-21-9-6-18(16)22(17)19(12-23)14-4-7-20-8-5-14/h2-5,7-8,10,19,21,23H,6,9,11-12H2,1H3. The number of hydrogen-bond donors (Lipinski definition) is 2. The van der Waals surface area contributed by atoms with E-state index < -0.39 is 0 Å². The molecule has 2 aromatic heterocycles. The van der Waals surface area contributed by atoms with Crippen LogP contribution < -0.4 is 5.32 Å². The molecule has 4 heteroatoms. The summed E-state index contributed by atoms with van der Waals surface area (Å²) < 4.78 is 2.33. The summed E-state index contributed by atoms with van der Waals surface area (Å²) >= 11 is 0. The van der Waals surface area contributed by atoms with E-state index in [-0.39, 0.29) is 12.6 Å². The Bertz CT molecular complexity index is 839. The third-order valence-electron chi connectivity index (χ3n) is 4.79. The van der Waals surface area contributed by atoms with Gasteiger partial charge in [0.25, 0.3) is 0 Å². The summed E-state index contributed by atoms with van der Waals surface area (Å²) in [5.41, 5.74) is 6.30. The van der Waals surface area contributed by atoms with Gasteiger partial charge in [-0.25, -0.2) is 0 Å². The van der Waals surface area contributed by atoms with Crippen LogP contribution in [0.4, 0.5) is 0 Å². The van der Waals surface area contributed by atoms with E-state index in [2.05, 4.69) is 40.0 Å². The number of aliphatic hydroxyl groups excluding tert-OH is 1. The average Bonchev–Trinajstić information content (AvgIpc) is 2.91. The zero-order valence-electron chi connectivity index (χ0n) is 13.3. The fourth-order valence-electron chi connectivity index (χ4n) is 3.71. The van der Waals surface area contributed by atoms with Crippen LogP contribution in [0.5, 0.6) is 0 Å². The van der Waals surface area contributed by atoms with Crippen LogP contribution >= 0.6 is 0 Å². The number of nitrogens with one attached hydrogen (secondary N) is 1. The molecule has 3 heterocycles. The summed E-state index contributed by atoms with van der Waals surface area (Å²) in [6.07, 6.45) is 4.58. The summed E-state index contributed by atoms with van der Waals surface area (Å²) in [5.74, 6) is 0. The van der Waals surface area contributed by atoms with Crippen molar-refractivity contribution in [3.05, 3.63) is 65.1 Å². The second-order valence-electron chi connectivity index (χ2n) is 6.22. The third-order valence-corrected chi connectivity index (χ3v) is 4.79. The minimum absolute atomic E-state index is 0.0648. The van der Waals surface area contributed by atoms with Gasteiger partial charge in [-0.15, -0.1) is 0 Å². The Hall–Kier alpha value is -2.17. The van der Waals surface area contributed by atoms with E-state index >= 15 is 0 Å². The molecule has 0 radical (unpaired) electrons. The highest BCUT2D eigenvalue weighted by molar-refractivity contribution is 5.87. The molecular formula is C19H21N3O. The summed E-state index contributed by atoms with van der Waals surface area (Å²) in [5, 5.41) is 14.9. The quantitative estimate of drug-likeness (QED) is 0.782. The van der Waals surface area contributed by atoms with Gasteiger partial charge in [0.1, 0.15) is 0 Å². The maximum Gasteiger partial charge on any atom is 0.0820 e. The van der Waals surface area contributed by atoms with E-state index in [9.17, 15) is 5.11 Å². The molecule has 0 spiro atoms. The molecule has 0 fully saturated rings. The van der Waals surface area contributed by atoms with Crippen LogP contribution in [0.3, 0.4) is 0 Å². The van der Waals surface area contributed by atoms with Crippen molar-refractivity contribution in [2.45, 2.75) is 25.9 Å². The molecule has 118 valence electrons. The van der Waals surface area contributed by atoms with Crippen LogP contribution in [0, 0.1) is 6.92 Å². The van der Waals surface area contributed by atoms with E-state index in [1.807, 2.05) is 12.1 Å². The number of hydrogen-bond acceptors (Lipinski definition) is 3. The molecule has 4 nitrogen and oxygen atoms in total. The lowest BCUT2D eigenvalue weighted by atomic mass is 10.0. The maximum atomic E-state index is 10.1. The number of aromatic nitrogens is 2. The molecule has 1 unspecified atom stereocenters. The minimum Gasteiger partial charge on any atom is -0.394 e. The lowest BCUT2D eigenvalue weighted by molar-refractivity contribution is 0.249. The SMILES string of the molecule is Cc1ccc2c(c1)c1c(n2C(CO)c2ccncc2)CCNC1. The summed E-state index contributed by atoms with van der Waals surface area (Å²) in [6.45, 7) is 4.10. The van der Waals surface area contributed by atoms with Crippen LogP contribution in [0.1, 0.15) is 28.4 Å². The Morgan fingerprint density at radius 2 is 2.09 bits per heavy atom. The topological polar surface area (TPSA) is 50.1 Å². The molecule has 1 aromatic carbocycles. The summed E-state index contributed by atoms with van der Waals surface area (Å²) in [4.78, 5) is 4.10. The first kappa shape index (κ1) is 14.4. The van der Waals surface area contributed by atoms with Crippen molar-refractivity contribution in [3.63, 3.8) is 0 Å². The van der Waals surface area contributed by atoms with Gasteiger partial charge in [-0.05, 0) is 42.3 Å². The Labute approximate surface area is 135 Å². The van der Waals surface area contributed by atoms with Crippen molar-refractivity contribution in [3.8, 4) is 0 Å². The molecule has 4 rings (SSSR count). The van der Waals surface area contributed by atoms with Crippen LogP contribution in [-0.2, 0) is 13.0 Å². The molecule has 0 amide bonds. The molecule has 0 bridgehead atoms. The number of aliphatic hydroxyl groups is 1. The normalized spacial score (nSPS) is 15.6. The van der Waals surface area contributed by atoms with E-state index in [4.69, 9.17) is 0 Å². The number of pyridine rings is 1. The Balaban J connectivity index is 1.98. The van der Waals surface area contributed by atoms with Gasteiger partial charge in [0.15, 0.2) is 0 Å². The Morgan fingerprint density at radius 1 is 1.26 bits per heavy atom. The van der Waals surface area contributed by atoms with Crippen molar-refractivity contribution in [1.82, 2.24) is 14.9 Å². The molecule has 3 aromatic rings. The van der Waals surface area contributed by atoms with Gasteiger partial charge in [0.2, 0.25) is 0 Å². The van der Waals surface area contributed by atoms with Gasteiger partial charge >= 0.3 is 0 Å². The molecule has 1 aliphatic rings. The fourth-order valence-corrected chi connectivity index (χ4v) is 3.71. The van der Waals surface area contributed by atoms with Crippen molar-refractivity contribution >= 4 is 10.9 Å². The van der Waals surface area contributed by atoms with Crippen LogP contribution in [0.2, 0.25) is 0 Å². The van der Waals surface area contributed by atoms with Crippen LogP contribution in [0.15, 0.2) is 42.7 Å². The predicted octanol–water partition coefficient (Wildman–Crippen LogP) is 2.57. The lowest BCUT2D eigenvalue weighted by Gasteiger charge is -2.23. The molecule has 0 saturated carbocycles. The maximum absolute atomic E-state index is 10.1. The van der Waals surface area contributed by atoms with Gasteiger partial charge in [-0.1, -0.05) is 11.6 Å². The van der Waals surface area contributed by atoms with Crippen molar-refractivity contribution in [2.75, 3.05) is 13.2 Å². The minimum atomic E-state index is -0.0648. The molecule has 1 atom stereocenters. The summed E-state index contributed by atoms with van der Waals surface area (Å²) in [7, 11) is 0. The highest BCUT2D eigenvalue weighted by Crippen LogP contribution is 2.34. The zero-order valence-corrected chi connectivity index (χ0v) is 13.3. The summed E-state index contributed by atoms with van der Waals surface area (Å²) in [6, 6.07) is 10.5. The number of fused-ring (bicyclic) bond motifs is 3. The predicted molar refractivity (Wildman–Crippen MR) is 91.5 cm³/mol. The lowest BCUT2D eigenvalue weighted by Crippen LogP contribution is -2.26. The fraction of sp³-hybridized carbons (Fsp3) is 0.316. The van der Waals surface area contributed by atoms with Crippen molar-refractivity contribution in [1.29, 1.82) is 0 Å². The first-order valence-corrected chi connectivity index (χ1v) is 8.13. The Morgan fingerprint density at radius 3 is 2.87 bits per heavy atom. The first-order valence-electron chi connectivity index (χ1n) is 8.13. The first-order chi connectivity index (χ1) is 11.3. The van der Waals surface area contributed by atoms with Gasteiger partial charge in [-0.2, -0.15) is 0 Å². The number of aryl methyl sites for hydroxylation is 1. The van der Waals surface area contributed by atoms with Gasteiger partial charge in [0, 0.05) is 48.5 Å². The van der Waals surface area contributed by atoms with E-state index in [0.717, 1.165) is 25.1 Å². The zero-order chi connectivity index (χ0) is 15.8. The average molecular weight is 307 g/mol.